The van der Waals surface area contributed by atoms with E-state index in [2.05, 4.69) is 24.3 Å². The largest absolute Gasteiger partial charge is 0.294 e. The topological polar surface area (TPSA) is 17.1 Å². The van der Waals surface area contributed by atoms with E-state index in [0.29, 0.717) is 6.42 Å². The van der Waals surface area contributed by atoms with Crippen molar-refractivity contribution in [2.45, 2.75) is 6.42 Å². The number of benzene rings is 2. The van der Waals surface area contributed by atoms with Crippen LogP contribution in [0.5, 0.6) is 0 Å². The molecule has 1 heteroatoms. The van der Waals surface area contributed by atoms with E-state index in [4.69, 9.17) is 0 Å². The number of ketones is 1. The molecule has 0 fully saturated rings. The van der Waals surface area contributed by atoms with E-state index >= 15 is 0 Å². The molecule has 0 aromatic heterocycles. The fourth-order valence-electron chi connectivity index (χ4n) is 2.16. The fourth-order valence-corrected chi connectivity index (χ4v) is 2.16. The Morgan fingerprint density at radius 3 is 2.00 bits per heavy atom. The maximum atomic E-state index is 11.1. The number of allylic oxidation sites excluding steroid dienone is 2. The predicted octanol–water partition coefficient (Wildman–Crippen LogP) is 3.71. The van der Waals surface area contributed by atoms with E-state index in [1.807, 2.05) is 30.3 Å². The van der Waals surface area contributed by atoms with Crippen molar-refractivity contribution < 1.29 is 4.79 Å². The summed E-state index contributed by atoms with van der Waals surface area (Å²) in [5, 5.41) is 0. The molecule has 0 spiro atoms. The maximum Gasteiger partial charge on any atom is 0.160 e. The number of carbonyl (C=O) groups excluding carboxylic acids is 1. The smallest absolute Gasteiger partial charge is 0.160 e. The van der Waals surface area contributed by atoms with Crippen LogP contribution >= 0.6 is 0 Å². The average molecular weight is 220 g/mol. The molecule has 82 valence electrons. The van der Waals surface area contributed by atoms with Gasteiger partial charge in [-0.3, -0.25) is 4.79 Å². The number of hydrogen-bond acceptors (Lipinski definition) is 1. The van der Waals surface area contributed by atoms with Crippen LogP contribution in [-0.4, -0.2) is 5.78 Å². The third kappa shape index (κ3) is 1.80. The Bertz CT molecular complexity index is 594. The summed E-state index contributed by atoms with van der Waals surface area (Å²) in [6.45, 7) is 0. The highest BCUT2D eigenvalue weighted by Gasteiger charge is 2.19. The van der Waals surface area contributed by atoms with Gasteiger partial charge in [-0.1, -0.05) is 54.6 Å². The van der Waals surface area contributed by atoms with Crippen LogP contribution in [0.2, 0.25) is 0 Å². The molecule has 0 amide bonds. The van der Waals surface area contributed by atoms with E-state index in [9.17, 15) is 4.79 Å². The normalized spacial score (nSPS) is 14.1. The quantitative estimate of drug-likeness (QED) is 0.754. The molecule has 0 radical (unpaired) electrons. The molecule has 1 aliphatic carbocycles. The molecule has 0 saturated carbocycles. The molecule has 0 bridgehead atoms. The van der Waals surface area contributed by atoms with Crippen LogP contribution in [0.4, 0.5) is 0 Å². The summed E-state index contributed by atoms with van der Waals surface area (Å²) in [7, 11) is 0. The zero-order valence-electron chi connectivity index (χ0n) is 9.39. The van der Waals surface area contributed by atoms with E-state index in [1.165, 1.54) is 16.7 Å². The molecule has 0 aliphatic heterocycles. The van der Waals surface area contributed by atoms with Gasteiger partial charge in [0.2, 0.25) is 0 Å². The Balaban J connectivity index is 2.12. The van der Waals surface area contributed by atoms with Crippen LogP contribution in [0.15, 0.2) is 60.7 Å². The molecule has 2 aromatic rings. The average Bonchev–Trinajstić information content (AvgIpc) is 2.36. The lowest BCUT2D eigenvalue weighted by Crippen LogP contribution is -2.07. The monoisotopic (exact) mass is 220 g/mol. The van der Waals surface area contributed by atoms with Gasteiger partial charge in [-0.25, -0.2) is 0 Å². The minimum atomic E-state index is 0.225. The van der Waals surface area contributed by atoms with Crippen molar-refractivity contribution in [2.75, 3.05) is 0 Å². The summed E-state index contributed by atoms with van der Waals surface area (Å²) < 4.78 is 0. The van der Waals surface area contributed by atoms with E-state index in [1.54, 1.807) is 6.08 Å². The minimum Gasteiger partial charge on any atom is -0.294 e. The molecule has 0 saturated heterocycles. The first-order valence-electron chi connectivity index (χ1n) is 5.73. The van der Waals surface area contributed by atoms with Crippen molar-refractivity contribution in [1.29, 1.82) is 0 Å². The van der Waals surface area contributed by atoms with Crippen LogP contribution in [-0.2, 0) is 4.79 Å². The van der Waals surface area contributed by atoms with Crippen molar-refractivity contribution in [2.24, 2.45) is 0 Å². The summed E-state index contributed by atoms with van der Waals surface area (Å²) in [5.74, 6) is 0.225. The van der Waals surface area contributed by atoms with Crippen LogP contribution in [0.3, 0.4) is 0 Å². The molecule has 0 atom stereocenters. The minimum absolute atomic E-state index is 0.225. The molecule has 0 heterocycles. The highest BCUT2D eigenvalue weighted by molar-refractivity contribution is 6.12. The van der Waals surface area contributed by atoms with Gasteiger partial charge in [0.25, 0.3) is 0 Å². The van der Waals surface area contributed by atoms with Crippen molar-refractivity contribution in [3.8, 4) is 11.1 Å². The fraction of sp³-hybridized carbons (Fsp3) is 0.0625. The molecule has 3 rings (SSSR count). The second-order valence-corrected chi connectivity index (χ2v) is 4.22. The van der Waals surface area contributed by atoms with Gasteiger partial charge in [0.1, 0.15) is 0 Å². The van der Waals surface area contributed by atoms with Gasteiger partial charge in [0.05, 0.1) is 0 Å². The van der Waals surface area contributed by atoms with Gasteiger partial charge >= 0.3 is 0 Å². The highest BCUT2D eigenvalue weighted by Crippen LogP contribution is 2.34. The van der Waals surface area contributed by atoms with Gasteiger partial charge in [-0.05, 0) is 28.3 Å². The zero-order valence-corrected chi connectivity index (χ0v) is 9.39. The van der Waals surface area contributed by atoms with Crippen molar-refractivity contribution in [3.63, 3.8) is 0 Å². The first-order valence-corrected chi connectivity index (χ1v) is 5.73. The molecule has 17 heavy (non-hydrogen) atoms. The molecule has 0 N–H and O–H groups in total. The van der Waals surface area contributed by atoms with Gasteiger partial charge in [0, 0.05) is 6.42 Å². The molecule has 2 aromatic carbocycles. The lowest BCUT2D eigenvalue weighted by Gasteiger charge is -2.17. The Labute approximate surface area is 100 Å². The molecule has 0 unspecified atom stereocenters. The second-order valence-electron chi connectivity index (χ2n) is 4.22. The summed E-state index contributed by atoms with van der Waals surface area (Å²) in [4.78, 5) is 11.1. The molecular weight excluding hydrogens is 208 g/mol. The van der Waals surface area contributed by atoms with E-state index in [-0.39, 0.29) is 5.78 Å². The molecule has 1 aliphatic rings. The zero-order chi connectivity index (χ0) is 11.7. The van der Waals surface area contributed by atoms with Gasteiger partial charge < -0.3 is 0 Å². The SMILES string of the molecule is O=C1C=C(c2ccccc2-c2ccccc2)C1. The Kier molecular flexibility index (Phi) is 2.37. The lowest BCUT2D eigenvalue weighted by atomic mass is 9.86. The number of rotatable bonds is 2. The van der Waals surface area contributed by atoms with Crippen LogP contribution in [0.25, 0.3) is 16.7 Å². The summed E-state index contributed by atoms with van der Waals surface area (Å²) in [6, 6.07) is 18.5. The second kappa shape index (κ2) is 4.02. The summed E-state index contributed by atoms with van der Waals surface area (Å²) in [5.41, 5.74) is 4.72. The van der Waals surface area contributed by atoms with E-state index in [0.717, 1.165) is 5.57 Å². The van der Waals surface area contributed by atoms with Gasteiger partial charge in [0.15, 0.2) is 5.78 Å². The number of carbonyl (C=O) groups is 1. The molecular formula is C16H12O. The lowest BCUT2D eigenvalue weighted by molar-refractivity contribution is -0.114. The first kappa shape index (κ1) is 10.0. The Morgan fingerprint density at radius 1 is 0.765 bits per heavy atom. The molecule has 1 nitrogen and oxygen atoms in total. The third-order valence-corrected chi connectivity index (χ3v) is 3.06. The van der Waals surface area contributed by atoms with Crippen LogP contribution in [0, 0.1) is 0 Å². The van der Waals surface area contributed by atoms with Crippen LogP contribution in [0.1, 0.15) is 12.0 Å². The van der Waals surface area contributed by atoms with Crippen molar-refractivity contribution in [1.82, 2.24) is 0 Å². The Morgan fingerprint density at radius 2 is 1.35 bits per heavy atom. The van der Waals surface area contributed by atoms with Gasteiger partial charge in [-0.2, -0.15) is 0 Å². The van der Waals surface area contributed by atoms with E-state index < -0.39 is 0 Å². The highest BCUT2D eigenvalue weighted by atomic mass is 16.1. The summed E-state index contributed by atoms with van der Waals surface area (Å²) >= 11 is 0. The third-order valence-electron chi connectivity index (χ3n) is 3.06. The van der Waals surface area contributed by atoms with Crippen LogP contribution < -0.4 is 0 Å². The number of hydrogen-bond donors (Lipinski definition) is 0. The first-order chi connectivity index (χ1) is 8.34. The van der Waals surface area contributed by atoms with Crippen molar-refractivity contribution >= 4 is 11.4 Å². The van der Waals surface area contributed by atoms with Crippen molar-refractivity contribution in [3.05, 3.63) is 66.2 Å². The predicted molar refractivity (Wildman–Crippen MR) is 69.5 cm³/mol. The maximum absolute atomic E-state index is 11.1. The standard InChI is InChI=1S/C16H12O/c17-14-10-13(11-14)16-9-5-4-8-15(16)12-6-2-1-3-7-12/h1-10H,11H2. The Hall–Kier alpha value is -2.15. The summed E-state index contributed by atoms with van der Waals surface area (Å²) in [6.07, 6.45) is 2.31. The van der Waals surface area contributed by atoms with Gasteiger partial charge in [-0.15, -0.1) is 0 Å².